The Kier molecular flexibility index (Phi) is 9.73. The quantitative estimate of drug-likeness (QED) is 0.134. The Morgan fingerprint density at radius 3 is 2.47 bits per heavy atom. The molecule has 9 nitrogen and oxygen atoms in total. The summed E-state index contributed by atoms with van der Waals surface area (Å²) in [6.45, 7) is 0.00998. The van der Waals surface area contributed by atoms with Crippen LogP contribution in [-0.4, -0.2) is 64.7 Å². The van der Waals surface area contributed by atoms with Crippen LogP contribution in [0, 0.1) is 11.8 Å². The van der Waals surface area contributed by atoms with E-state index in [-0.39, 0.29) is 42.1 Å². The van der Waals surface area contributed by atoms with Crippen molar-refractivity contribution in [2.45, 2.75) is 68.4 Å². The number of unbranched alkanes of at least 4 members (excludes halogenated alkanes) is 4. The van der Waals surface area contributed by atoms with Crippen molar-refractivity contribution in [3.8, 4) is 0 Å². The van der Waals surface area contributed by atoms with Gasteiger partial charge in [0.25, 0.3) is 10.1 Å². The number of primary amides is 1. The lowest BCUT2D eigenvalue weighted by molar-refractivity contribution is -0.142. The topological polar surface area (TPSA) is 133 Å². The summed E-state index contributed by atoms with van der Waals surface area (Å²) >= 11 is 0. The molecule has 0 bridgehead atoms. The Hall–Kier alpha value is -2.66. The van der Waals surface area contributed by atoms with Crippen molar-refractivity contribution in [1.29, 1.82) is 0 Å². The van der Waals surface area contributed by atoms with Crippen LogP contribution in [0.15, 0.2) is 41.3 Å². The highest BCUT2D eigenvalue weighted by molar-refractivity contribution is 7.86. The smallest absolute Gasteiger partial charge is 0.309 e. The maximum absolute atomic E-state index is 12.8. The summed E-state index contributed by atoms with van der Waals surface area (Å²) < 4.78 is 35.3. The number of rotatable bonds is 13. The second-order valence-corrected chi connectivity index (χ2v) is 11.2. The maximum Gasteiger partial charge on any atom is 0.309 e. The van der Waals surface area contributed by atoms with Crippen LogP contribution in [0.25, 0.3) is 0 Å². The minimum absolute atomic E-state index is 0.00998. The first-order valence-corrected chi connectivity index (χ1v) is 13.9. The molecule has 1 saturated carbocycles. The lowest BCUT2D eigenvalue weighted by Crippen LogP contribution is -2.43. The number of carbonyl (C=O) groups excluding carboxylic acids is 3. The number of ether oxygens (including phenoxy) is 1. The van der Waals surface area contributed by atoms with Gasteiger partial charge in [-0.3, -0.25) is 18.6 Å². The van der Waals surface area contributed by atoms with Gasteiger partial charge in [0.1, 0.15) is 13.9 Å². The Morgan fingerprint density at radius 2 is 1.81 bits per heavy atom. The monoisotopic (exact) mass is 518 g/mol. The summed E-state index contributed by atoms with van der Waals surface area (Å²) in [6.07, 6.45) is 8.94. The summed E-state index contributed by atoms with van der Waals surface area (Å²) in [5.74, 6) is -0.718. The Bertz CT molecular complexity index is 1070. The van der Waals surface area contributed by atoms with Gasteiger partial charge in [-0.1, -0.05) is 42.6 Å². The van der Waals surface area contributed by atoms with E-state index in [0.717, 1.165) is 37.6 Å². The van der Waals surface area contributed by atoms with Crippen molar-refractivity contribution in [3.63, 3.8) is 0 Å². The lowest BCUT2D eigenvalue weighted by Gasteiger charge is -2.22. The zero-order chi connectivity index (χ0) is 26.3. The van der Waals surface area contributed by atoms with Crippen LogP contribution in [0.3, 0.4) is 0 Å². The third-order valence-electron chi connectivity index (χ3n) is 6.72. The number of hydrogen-bond donors (Lipinski definition) is 1. The van der Waals surface area contributed by atoms with E-state index in [1.807, 2.05) is 7.85 Å². The van der Waals surface area contributed by atoms with Gasteiger partial charge < -0.3 is 15.4 Å². The van der Waals surface area contributed by atoms with E-state index in [9.17, 15) is 22.8 Å². The number of hydrogen-bond acceptors (Lipinski definition) is 7. The summed E-state index contributed by atoms with van der Waals surface area (Å²) in [4.78, 5) is 37.5. The summed E-state index contributed by atoms with van der Waals surface area (Å²) in [6, 6.07) is 5.41. The first kappa shape index (κ1) is 27.9. The predicted octanol–water partition coefficient (Wildman–Crippen LogP) is 0.811. The number of nitrogens with two attached hydrogens (primary N) is 1. The number of nitrogens with zero attached hydrogens (tertiary/aromatic N) is 1. The molecule has 11 heteroatoms. The van der Waals surface area contributed by atoms with Crippen molar-refractivity contribution >= 4 is 41.2 Å². The Labute approximate surface area is 213 Å². The molecule has 1 heterocycles. The average Bonchev–Trinajstić information content (AvgIpc) is 3.49. The van der Waals surface area contributed by atoms with E-state index >= 15 is 0 Å². The van der Waals surface area contributed by atoms with Crippen LogP contribution in [-0.2, 0) is 33.4 Å². The number of methoxy groups -OCH3 is 1. The van der Waals surface area contributed by atoms with Gasteiger partial charge in [0, 0.05) is 19.4 Å². The molecule has 0 spiro atoms. The van der Waals surface area contributed by atoms with Gasteiger partial charge in [0.05, 0.1) is 24.0 Å². The van der Waals surface area contributed by atoms with Gasteiger partial charge in [0.15, 0.2) is 0 Å². The number of esters is 1. The van der Waals surface area contributed by atoms with E-state index in [1.54, 1.807) is 12.1 Å². The molecule has 0 radical (unpaired) electrons. The van der Waals surface area contributed by atoms with Gasteiger partial charge in [0.2, 0.25) is 11.8 Å². The summed E-state index contributed by atoms with van der Waals surface area (Å²) in [5.41, 5.74) is 6.41. The summed E-state index contributed by atoms with van der Waals surface area (Å²) in [7, 11) is -0.759. The van der Waals surface area contributed by atoms with Gasteiger partial charge in [-0.2, -0.15) is 8.42 Å². The number of benzene rings is 1. The van der Waals surface area contributed by atoms with Crippen LogP contribution < -0.4 is 11.2 Å². The highest BCUT2D eigenvalue weighted by Gasteiger charge is 2.42. The fourth-order valence-corrected chi connectivity index (χ4v) is 5.59. The molecular formula is C25H35BN2O7S. The number of amides is 2. The third-order valence-corrected chi connectivity index (χ3v) is 8.10. The molecule has 1 aromatic rings. The zero-order valence-corrected chi connectivity index (χ0v) is 21.7. The molecule has 1 aromatic carbocycles. The molecule has 2 fully saturated rings. The first-order chi connectivity index (χ1) is 17.1. The van der Waals surface area contributed by atoms with Gasteiger partial charge >= 0.3 is 5.97 Å². The van der Waals surface area contributed by atoms with Crippen molar-refractivity contribution in [3.05, 3.63) is 36.4 Å². The SMILES string of the molecule is Bc1ccc(S(=O)(=O)O[C@H]2C[C@@H](C(N)=O)N(C(=O)CCCCCC/C=C\[C@@H]3C[C@@H]3C(=O)OC)C2)cc1. The third kappa shape index (κ3) is 7.67. The molecule has 0 unspecified atom stereocenters. The minimum Gasteiger partial charge on any atom is -0.469 e. The van der Waals surface area contributed by atoms with E-state index in [2.05, 4.69) is 12.2 Å². The second kappa shape index (κ2) is 12.5. The second-order valence-electron chi connectivity index (χ2n) is 9.60. The van der Waals surface area contributed by atoms with Gasteiger partial charge in [-0.05, 0) is 43.7 Å². The largest absolute Gasteiger partial charge is 0.469 e. The molecule has 0 aromatic heterocycles. The van der Waals surface area contributed by atoms with Crippen LogP contribution in [0.4, 0.5) is 0 Å². The van der Waals surface area contributed by atoms with Crippen molar-refractivity contribution in [2.24, 2.45) is 17.6 Å². The number of carbonyl (C=O) groups is 3. The van der Waals surface area contributed by atoms with E-state index in [0.29, 0.717) is 12.3 Å². The van der Waals surface area contributed by atoms with E-state index in [1.165, 1.54) is 24.1 Å². The van der Waals surface area contributed by atoms with Crippen LogP contribution >= 0.6 is 0 Å². The van der Waals surface area contributed by atoms with Crippen molar-refractivity contribution in [2.75, 3.05) is 13.7 Å². The Balaban J connectivity index is 1.38. The molecule has 1 aliphatic heterocycles. The molecule has 2 N–H and O–H groups in total. The molecule has 36 heavy (non-hydrogen) atoms. The molecule has 3 rings (SSSR count). The van der Waals surface area contributed by atoms with E-state index < -0.39 is 28.2 Å². The molecule has 4 atom stereocenters. The fourth-order valence-electron chi connectivity index (χ4n) is 4.51. The first-order valence-electron chi connectivity index (χ1n) is 12.5. The average molecular weight is 518 g/mol. The highest BCUT2D eigenvalue weighted by Crippen LogP contribution is 2.40. The van der Waals surface area contributed by atoms with E-state index in [4.69, 9.17) is 14.7 Å². The molecule has 196 valence electrons. The number of likely N-dealkylation sites (tertiary alicyclic amines) is 1. The lowest BCUT2D eigenvalue weighted by atomic mass is 9.97. The normalized spacial score (nSPS) is 23.6. The standard InChI is InChI=1S/C25H35BN2O7S/c1-34-25(31)21-14-17(21)8-6-4-2-3-5-7-9-23(29)28-16-19(15-22(28)24(27)30)35-36(32,33)20-12-10-18(26)11-13-20/h6,8,10-13,17,19,21-22H,2-5,7,9,14-16,26H2,1H3,(H2,27,30)/b8-6-/t17-,19+,21+,22+/m1/s1. The molecule has 1 saturated heterocycles. The Morgan fingerprint density at radius 1 is 1.11 bits per heavy atom. The van der Waals surface area contributed by atoms with Crippen LogP contribution in [0.5, 0.6) is 0 Å². The molecular weight excluding hydrogens is 483 g/mol. The van der Waals surface area contributed by atoms with Crippen LogP contribution in [0.2, 0.25) is 0 Å². The number of allylic oxidation sites excluding steroid dienone is 2. The molecule has 2 aliphatic rings. The zero-order valence-electron chi connectivity index (χ0n) is 20.9. The maximum atomic E-state index is 12.8. The highest BCUT2D eigenvalue weighted by atomic mass is 32.2. The fraction of sp³-hybridized carbons (Fsp3) is 0.560. The molecule has 2 amide bonds. The van der Waals surface area contributed by atoms with Gasteiger partial charge in [-0.15, -0.1) is 0 Å². The summed E-state index contributed by atoms with van der Waals surface area (Å²) in [5, 5.41) is 0. The van der Waals surface area contributed by atoms with Gasteiger partial charge in [-0.25, -0.2) is 0 Å². The predicted molar refractivity (Wildman–Crippen MR) is 136 cm³/mol. The van der Waals surface area contributed by atoms with Crippen molar-refractivity contribution in [1.82, 2.24) is 4.90 Å². The minimum atomic E-state index is -4.02. The van der Waals surface area contributed by atoms with Crippen molar-refractivity contribution < 1.29 is 31.7 Å². The molecule has 1 aliphatic carbocycles. The van der Waals surface area contributed by atoms with Crippen LogP contribution in [0.1, 0.15) is 51.4 Å².